The zero-order chi connectivity index (χ0) is 9.10. The lowest BCUT2D eigenvalue weighted by Gasteiger charge is -2.35. The summed E-state index contributed by atoms with van der Waals surface area (Å²) in [6.07, 6.45) is 1.35. The van der Waals surface area contributed by atoms with E-state index in [2.05, 4.69) is 17.1 Å². The number of hydrogen-bond acceptors (Lipinski definition) is 3. The average Bonchev–Trinajstić information content (AvgIpc) is 2.71. The number of hydrogen-bond donors (Lipinski definition) is 1. The van der Waals surface area contributed by atoms with Crippen LogP contribution in [0.1, 0.15) is 13.3 Å². The molecule has 2 rings (SSSR count). The molecule has 2 aliphatic rings. The Balaban J connectivity index is 1.83. The smallest absolute Gasteiger partial charge is 0.0594 e. The van der Waals surface area contributed by atoms with E-state index >= 15 is 0 Å². The Bertz CT molecular complexity index is 151. The van der Waals surface area contributed by atoms with E-state index < -0.39 is 0 Å². The van der Waals surface area contributed by atoms with E-state index in [1.165, 1.54) is 19.5 Å². The summed E-state index contributed by atoms with van der Waals surface area (Å²) in [4.78, 5) is 2.57. The molecule has 3 heteroatoms. The van der Waals surface area contributed by atoms with Crippen LogP contribution in [-0.4, -0.2) is 50.3 Å². The van der Waals surface area contributed by atoms with E-state index in [0.29, 0.717) is 0 Å². The number of ether oxygens (including phenoxy) is 1. The maximum Gasteiger partial charge on any atom is 0.0594 e. The highest BCUT2D eigenvalue weighted by Crippen LogP contribution is 2.18. The lowest BCUT2D eigenvalue weighted by atomic mass is 9.99. The van der Waals surface area contributed by atoms with E-state index in [4.69, 9.17) is 4.74 Å². The van der Waals surface area contributed by atoms with Gasteiger partial charge in [-0.15, -0.1) is 0 Å². The molecule has 2 atom stereocenters. The van der Waals surface area contributed by atoms with Gasteiger partial charge < -0.3 is 10.1 Å². The summed E-state index contributed by atoms with van der Waals surface area (Å²) < 4.78 is 5.36. The highest BCUT2D eigenvalue weighted by molar-refractivity contribution is 4.82. The zero-order valence-electron chi connectivity index (χ0n) is 8.46. The first-order valence-electron chi connectivity index (χ1n) is 5.40. The Hall–Kier alpha value is -0.120. The summed E-state index contributed by atoms with van der Waals surface area (Å²) >= 11 is 0. The Morgan fingerprint density at radius 2 is 2.15 bits per heavy atom. The quantitative estimate of drug-likeness (QED) is 0.669. The van der Waals surface area contributed by atoms with E-state index in [1.54, 1.807) is 0 Å². The summed E-state index contributed by atoms with van der Waals surface area (Å²) in [5.74, 6) is 0.859. The summed E-state index contributed by atoms with van der Waals surface area (Å²) in [6, 6.07) is 0.735. The molecule has 0 aromatic carbocycles. The first-order chi connectivity index (χ1) is 6.38. The molecule has 76 valence electrons. The summed E-state index contributed by atoms with van der Waals surface area (Å²) in [5.41, 5.74) is 0. The van der Waals surface area contributed by atoms with Gasteiger partial charge >= 0.3 is 0 Å². The lowest BCUT2D eigenvalue weighted by Crippen LogP contribution is -2.45. The first-order valence-corrected chi connectivity index (χ1v) is 5.40. The topological polar surface area (TPSA) is 24.5 Å². The maximum absolute atomic E-state index is 5.36. The second kappa shape index (κ2) is 4.40. The van der Waals surface area contributed by atoms with Gasteiger partial charge in [-0.25, -0.2) is 0 Å². The predicted octanol–water partition coefficient (Wildman–Crippen LogP) is 0.317. The Morgan fingerprint density at radius 3 is 2.77 bits per heavy atom. The van der Waals surface area contributed by atoms with Crippen molar-refractivity contribution in [2.75, 3.05) is 39.4 Å². The van der Waals surface area contributed by atoms with Gasteiger partial charge in [0.15, 0.2) is 0 Å². The molecule has 0 unspecified atom stereocenters. The molecule has 2 saturated heterocycles. The molecule has 0 aliphatic carbocycles. The number of rotatable bonds is 2. The molecule has 0 aromatic rings. The fourth-order valence-electron chi connectivity index (χ4n) is 2.37. The van der Waals surface area contributed by atoms with Gasteiger partial charge in [0.1, 0.15) is 0 Å². The van der Waals surface area contributed by atoms with Crippen LogP contribution >= 0.6 is 0 Å². The van der Waals surface area contributed by atoms with Gasteiger partial charge in [0.05, 0.1) is 13.2 Å². The normalized spacial score (nSPS) is 33.5. The van der Waals surface area contributed by atoms with Gasteiger partial charge in [-0.1, -0.05) is 0 Å². The minimum atomic E-state index is 0.735. The number of morpholine rings is 1. The van der Waals surface area contributed by atoms with Crippen LogP contribution in [0.15, 0.2) is 0 Å². The Kier molecular flexibility index (Phi) is 3.19. The van der Waals surface area contributed by atoms with Crippen molar-refractivity contribution in [3.05, 3.63) is 0 Å². The van der Waals surface area contributed by atoms with Crippen LogP contribution in [0.3, 0.4) is 0 Å². The third-order valence-corrected chi connectivity index (χ3v) is 3.40. The summed E-state index contributed by atoms with van der Waals surface area (Å²) in [7, 11) is 0. The third kappa shape index (κ3) is 2.22. The largest absolute Gasteiger partial charge is 0.379 e. The summed E-state index contributed by atoms with van der Waals surface area (Å²) in [6.45, 7) is 8.87. The van der Waals surface area contributed by atoms with Crippen LogP contribution in [0.4, 0.5) is 0 Å². The molecule has 1 N–H and O–H groups in total. The van der Waals surface area contributed by atoms with E-state index in [1.807, 2.05) is 0 Å². The van der Waals surface area contributed by atoms with Gasteiger partial charge in [-0.2, -0.15) is 0 Å². The van der Waals surface area contributed by atoms with Crippen molar-refractivity contribution < 1.29 is 4.74 Å². The van der Waals surface area contributed by atoms with Crippen molar-refractivity contribution in [3.8, 4) is 0 Å². The lowest BCUT2D eigenvalue weighted by molar-refractivity contribution is 0.00928. The molecular formula is C10H20N2O. The third-order valence-electron chi connectivity index (χ3n) is 3.40. The van der Waals surface area contributed by atoms with Crippen LogP contribution in [0, 0.1) is 5.92 Å². The zero-order valence-corrected chi connectivity index (χ0v) is 8.46. The minimum absolute atomic E-state index is 0.735. The van der Waals surface area contributed by atoms with Crippen molar-refractivity contribution in [1.29, 1.82) is 0 Å². The molecule has 2 aliphatic heterocycles. The molecule has 0 spiro atoms. The summed E-state index contributed by atoms with van der Waals surface area (Å²) in [5, 5.41) is 3.43. The van der Waals surface area contributed by atoms with Crippen LogP contribution in [0.2, 0.25) is 0 Å². The van der Waals surface area contributed by atoms with E-state index in [-0.39, 0.29) is 0 Å². The predicted molar refractivity (Wildman–Crippen MR) is 52.8 cm³/mol. The van der Waals surface area contributed by atoms with Gasteiger partial charge in [0.2, 0.25) is 0 Å². The molecule has 0 amide bonds. The van der Waals surface area contributed by atoms with E-state index in [0.717, 1.165) is 38.3 Å². The van der Waals surface area contributed by atoms with Crippen LogP contribution < -0.4 is 5.32 Å². The maximum atomic E-state index is 5.36. The second-order valence-corrected chi connectivity index (χ2v) is 4.14. The number of nitrogens with one attached hydrogen (secondary N) is 1. The highest BCUT2D eigenvalue weighted by atomic mass is 16.5. The fraction of sp³-hybridized carbons (Fsp3) is 1.00. The second-order valence-electron chi connectivity index (χ2n) is 4.14. The molecule has 0 radical (unpaired) electrons. The van der Waals surface area contributed by atoms with Gasteiger partial charge in [0.25, 0.3) is 0 Å². The van der Waals surface area contributed by atoms with Crippen molar-refractivity contribution in [1.82, 2.24) is 10.2 Å². The van der Waals surface area contributed by atoms with Crippen molar-refractivity contribution in [2.24, 2.45) is 5.92 Å². The minimum Gasteiger partial charge on any atom is -0.379 e. The van der Waals surface area contributed by atoms with Crippen molar-refractivity contribution in [2.45, 2.75) is 19.4 Å². The molecular weight excluding hydrogens is 164 g/mol. The number of nitrogens with zero attached hydrogens (tertiary/aromatic N) is 1. The molecule has 0 bridgehead atoms. The van der Waals surface area contributed by atoms with Crippen LogP contribution in [0.5, 0.6) is 0 Å². The van der Waals surface area contributed by atoms with Crippen LogP contribution in [-0.2, 0) is 4.74 Å². The Morgan fingerprint density at radius 1 is 1.38 bits per heavy atom. The fourth-order valence-corrected chi connectivity index (χ4v) is 2.37. The monoisotopic (exact) mass is 184 g/mol. The Labute approximate surface area is 80.4 Å². The van der Waals surface area contributed by atoms with Crippen LogP contribution in [0.25, 0.3) is 0 Å². The molecule has 2 fully saturated rings. The van der Waals surface area contributed by atoms with Crippen molar-refractivity contribution in [3.63, 3.8) is 0 Å². The average molecular weight is 184 g/mol. The van der Waals surface area contributed by atoms with Gasteiger partial charge in [0, 0.05) is 19.1 Å². The SMILES string of the molecule is C[C@H]([C@@H]1CCNC1)N1CCOCC1. The molecule has 3 nitrogen and oxygen atoms in total. The standard InChI is InChI=1S/C10H20N2O/c1-9(10-2-3-11-8-10)12-4-6-13-7-5-12/h9-11H,2-8H2,1H3/t9-,10-/m1/s1. The van der Waals surface area contributed by atoms with Gasteiger partial charge in [-0.3, -0.25) is 4.90 Å². The molecule has 0 aromatic heterocycles. The highest BCUT2D eigenvalue weighted by Gasteiger charge is 2.26. The molecule has 13 heavy (non-hydrogen) atoms. The van der Waals surface area contributed by atoms with Crippen molar-refractivity contribution >= 4 is 0 Å². The van der Waals surface area contributed by atoms with Gasteiger partial charge in [-0.05, 0) is 32.4 Å². The van der Waals surface area contributed by atoms with E-state index in [9.17, 15) is 0 Å². The molecule has 0 saturated carbocycles. The molecule has 2 heterocycles. The first kappa shape index (κ1) is 9.44.